The van der Waals surface area contributed by atoms with E-state index >= 15 is 0 Å². The molecule has 6 rings (SSSR count). The van der Waals surface area contributed by atoms with E-state index in [9.17, 15) is 14.3 Å². The normalized spacial score (nSPS) is 15.1. The molecule has 2 aromatic heterocycles. The molecule has 1 fully saturated rings. The van der Waals surface area contributed by atoms with Crippen molar-refractivity contribution in [3.05, 3.63) is 94.7 Å². The van der Waals surface area contributed by atoms with Gasteiger partial charge >= 0.3 is 5.97 Å². The van der Waals surface area contributed by atoms with Gasteiger partial charge in [-0.25, -0.2) is 4.21 Å². The van der Waals surface area contributed by atoms with Crippen LogP contribution in [0.5, 0.6) is 0 Å². The van der Waals surface area contributed by atoms with Crippen LogP contribution in [0.2, 0.25) is 0 Å². The van der Waals surface area contributed by atoms with Gasteiger partial charge in [-0.3, -0.25) is 8.77 Å². The first-order valence-corrected chi connectivity index (χ1v) is 16.0. The second-order valence-corrected chi connectivity index (χ2v) is 12.1. The highest BCUT2D eigenvalue weighted by Crippen LogP contribution is 2.45. The van der Waals surface area contributed by atoms with E-state index in [0.29, 0.717) is 16.3 Å². The molecular formula is C34H33N3O3S2. The van der Waals surface area contributed by atoms with Gasteiger partial charge in [0.05, 0.1) is 29.1 Å². The molecular weight excluding hydrogens is 563 g/mol. The lowest BCUT2D eigenvalue weighted by Crippen LogP contribution is -2.23. The fourth-order valence-electron chi connectivity index (χ4n) is 5.47. The first-order valence-electron chi connectivity index (χ1n) is 14.0. The Kier molecular flexibility index (Phi) is 8.91. The molecule has 1 aliphatic heterocycles. The smallest absolute Gasteiger partial charge is 0.310 e. The topological polar surface area (TPSA) is 75.3 Å². The van der Waals surface area contributed by atoms with Crippen molar-refractivity contribution in [3.63, 3.8) is 0 Å². The van der Waals surface area contributed by atoms with E-state index in [4.69, 9.17) is 4.74 Å². The maximum atomic E-state index is 14.3. The number of hydrogen-bond donors (Lipinski definition) is 0. The zero-order valence-corrected chi connectivity index (χ0v) is 25.8. The van der Waals surface area contributed by atoms with Crippen molar-refractivity contribution in [2.75, 3.05) is 25.1 Å². The Morgan fingerprint density at radius 2 is 1.81 bits per heavy atom. The number of esters is 1. The highest BCUT2D eigenvalue weighted by Gasteiger charge is 2.30. The molecule has 0 bridgehead atoms. The number of nitrogens with zero attached hydrogens (tertiary/aromatic N) is 3. The lowest BCUT2D eigenvalue weighted by Gasteiger charge is -2.20. The highest BCUT2D eigenvalue weighted by atomic mass is 32.2. The summed E-state index contributed by atoms with van der Waals surface area (Å²) in [5.41, 5.74) is 6.31. The summed E-state index contributed by atoms with van der Waals surface area (Å²) >= 11 is 1.40. The monoisotopic (exact) mass is 595 g/mol. The summed E-state index contributed by atoms with van der Waals surface area (Å²) in [4.78, 5) is 15.7. The number of hydrogen-bond acceptors (Lipinski definition) is 6. The Labute approximate surface area is 253 Å². The Morgan fingerprint density at radius 1 is 1.05 bits per heavy atom. The maximum absolute atomic E-state index is 14.3. The first-order chi connectivity index (χ1) is 20.5. The number of rotatable bonds is 6. The van der Waals surface area contributed by atoms with Crippen molar-refractivity contribution >= 4 is 44.9 Å². The number of fused-ring (bicyclic) bond motifs is 1. The molecule has 214 valence electrons. The van der Waals surface area contributed by atoms with E-state index in [1.807, 2.05) is 103 Å². The second-order valence-electron chi connectivity index (χ2n) is 9.88. The number of ether oxygens (including phenoxy) is 1. The molecule has 8 heteroatoms. The van der Waals surface area contributed by atoms with Gasteiger partial charge in [0, 0.05) is 40.9 Å². The number of methoxy groups -OCH3 is 1. The van der Waals surface area contributed by atoms with Gasteiger partial charge in [0.1, 0.15) is 10.9 Å². The van der Waals surface area contributed by atoms with Gasteiger partial charge in [-0.2, -0.15) is 5.26 Å². The van der Waals surface area contributed by atoms with Crippen LogP contribution < -0.4 is 4.90 Å². The van der Waals surface area contributed by atoms with Crippen LogP contribution in [-0.4, -0.2) is 34.3 Å². The Hall–Kier alpha value is -4.19. The van der Waals surface area contributed by atoms with Crippen molar-refractivity contribution in [3.8, 4) is 28.5 Å². The number of para-hydroxylation sites is 1. The van der Waals surface area contributed by atoms with Crippen LogP contribution in [-0.2, 0) is 20.5 Å². The third-order valence-corrected chi connectivity index (χ3v) is 9.67. The van der Waals surface area contributed by atoms with Crippen LogP contribution in [0.3, 0.4) is 0 Å². The van der Waals surface area contributed by atoms with E-state index in [0.717, 1.165) is 57.5 Å². The summed E-state index contributed by atoms with van der Waals surface area (Å²) in [6.45, 7) is 7.34. The first kappa shape index (κ1) is 29.3. The van der Waals surface area contributed by atoms with Crippen molar-refractivity contribution < 1.29 is 13.7 Å². The minimum Gasteiger partial charge on any atom is -0.469 e. The number of aromatic nitrogens is 1. The van der Waals surface area contributed by atoms with Crippen LogP contribution in [0.4, 0.5) is 5.69 Å². The van der Waals surface area contributed by atoms with Gasteiger partial charge in [0.15, 0.2) is 11.0 Å². The predicted molar refractivity (Wildman–Crippen MR) is 172 cm³/mol. The van der Waals surface area contributed by atoms with Gasteiger partial charge in [-0.15, -0.1) is 11.3 Å². The van der Waals surface area contributed by atoms with Crippen LogP contribution in [0, 0.1) is 24.2 Å². The molecule has 2 unspecified atom stereocenters. The zero-order valence-electron chi connectivity index (χ0n) is 24.2. The molecule has 0 aliphatic carbocycles. The Bertz CT molecular complexity index is 1800. The van der Waals surface area contributed by atoms with Crippen molar-refractivity contribution in [1.29, 1.82) is 5.26 Å². The highest BCUT2D eigenvalue weighted by molar-refractivity contribution is 7.83. The van der Waals surface area contributed by atoms with Crippen LogP contribution >= 0.6 is 11.3 Å². The standard InChI is InChI=1S/C32H27N3O3S2.C2H6/c1-21-10-12-25(13-11-21)40(37)35-28-9-4-3-8-26(28)30(27-15-17-39-29(27)19-33)31(35)22-6-5-7-24(18-22)34-16-14-23(20-34)32(36)38-2;1-2/h3-13,15,17-18,23H,14,16,20H2,1-2H3;1-2H3. The van der Waals surface area contributed by atoms with Gasteiger partial charge < -0.3 is 9.64 Å². The summed E-state index contributed by atoms with van der Waals surface area (Å²) in [6.07, 6.45) is 0.736. The average Bonchev–Trinajstić information content (AvgIpc) is 3.79. The minimum atomic E-state index is -1.55. The predicted octanol–water partition coefficient (Wildman–Crippen LogP) is 7.81. The van der Waals surface area contributed by atoms with Gasteiger partial charge in [0.2, 0.25) is 0 Å². The summed E-state index contributed by atoms with van der Waals surface area (Å²) in [7, 11) is -0.120. The SMILES string of the molecule is CC.COC(=O)C1CCN(c2cccc(-c3c(-c4ccsc4C#N)c4ccccc4n3S(=O)c3ccc(C)cc3)c2)C1. The van der Waals surface area contributed by atoms with Crippen molar-refractivity contribution in [2.24, 2.45) is 5.92 Å². The van der Waals surface area contributed by atoms with Crippen molar-refractivity contribution in [2.45, 2.75) is 32.1 Å². The molecule has 6 nitrogen and oxygen atoms in total. The van der Waals surface area contributed by atoms with Crippen LogP contribution in [0.25, 0.3) is 33.3 Å². The summed E-state index contributed by atoms with van der Waals surface area (Å²) in [6, 6.07) is 28.2. The van der Waals surface area contributed by atoms with Gasteiger partial charge in [0.25, 0.3) is 0 Å². The maximum Gasteiger partial charge on any atom is 0.310 e. The minimum absolute atomic E-state index is 0.159. The second kappa shape index (κ2) is 12.8. The average molecular weight is 596 g/mol. The lowest BCUT2D eigenvalue weighted by atomic mass is 9.98. The molecule has 3 heterocycles. The number of carbonyl (C=O) groups excluding carboxylic acids is 1. The molecule has 0 amide bonds. The molecule has 3 aromatic carbocycles. The quantitative estimate of drug-likeness (QED) is 0.187. The molecule has 0 saturated carbocycles. The molecule has 0 N–H and O–H groups in total. The summed E-state index contributed by atoms with van der Waals surface area (Å²) in [5.74, 6) is -0.343. The van der Waals surface area contributed by atoms with Crippen molar-refractivity contribution in [1.82, 2.24) is 3.97 Å². The Balaban J connectivity index is 0.00000173. The number of aryl methyl sites for hydroxylation is 1. The zero-order chi connectivity index (χ0) is 29.8. The molecule has 1 saturated heterocycles. The number of nitriles is 1. The Morgan fingerprint density at radius 3 is 2.55 bits per heavy atom. The fraction of sp³-hybridized carbons (Fsp3) is 0.235. The third-order valence-electron chi connectivity index (χ3n) is 7.46. The van der Waals surface area contributed by atoms with E-state index in [2.05, 4.69) is 17.0 Å². The van der Waals surface area contributed by atoms with Crippen LogP contribution in [0.1, 0.15) is 30.7 Å². The summed E-state index contributed by atoms with van der Waals surface area (Å²) in [5, 5.41) is 12.8. The number of carbonyl (C=O) groups is 1. The molecule has 1 aliphatic rings. The third kappa shape index (κ3) is 5.38. The molecule has 0 radical (unpaired) electrons. The van der Waals surface area contributed by atoms with Gasteiger partial charge in [-0.05, 0) is 55.1 Å². The summed E-state index contributed by atoms with van der Waals surface area (Å²) < 4.78 is 21.2. The van der Waals surface area contributed by atoms with Gasteiger partial charge in [-0.1, -0.05) is 61.9 Å². The largest absolute Gasteiger partial charge is 0.469 e. The number of thiophene rings is 1. The molecule has 42 heavy (non-hydrogen) atoms. The van der Waals surface area contributed by atoms with Crippen LogP contribution in [0.15, 0.2) is 89.1 Å². The van der Waals surface area contributed by atoms with E-state index in [1.54, 1.807) is 0 Å². The number of anilines is 1. The van der Waals surface area contributed by atoms with E-state index in [-0.39, 0.29) is 11.9 Å². The number of benzene rings is 3. The molecule has 5 aromatic rings. The molecule has 0 spiro atoms. The lowest BCUT2D eigenvalue weighted by molar-refractivity contribution is -0.144. The van der Waals surface area contributed by atoms with E-state index < -0.39 is 11.0 Å². The molecule has 2 atom stereocenters. The van der Waals surface area contributed by atoms with E-state index in [1.165, 1.54) is 18.4 Å². The fourth-order valence-corrected chi connectivity index (χ4v) is 7.44.